The number of nitrogens with zero attached hydrogens (tertiary/aromatic N) is 2. The minimum absolute atomic E-state index is 0.192. The van der Waals surface area contributed by atoms with Gasteiger partial charge in [0, 0.05) is 44.5 Å². The number of benzene rings is 1. The zero-order valence-corrected chi connectivity index (χ0v) is 15.1. The van der Waals surface area contributed by atoms with E-state index in [-0.39, 0.29) is 5.91 Å². The summed E-state index contributed by atoms with van der Waals surface area (Å²) in [6, 6.07) is 7.95. The number of amides is 1. The molecule has 2 fully saturated rings. The quantitative estimate of drug-likeness (QED) is 0.778. The van der Waals surface area contributed by atoms with Crippen LogP contribution in [0.5, 0.6) is 0 Å². The molecule has 0 aliphatic carbocycles. The van der Waals surface area contributed by atoms with Crippen molar-refractivity contribution >= 4 is 5.91 Å². The third kappa shape index (κ3) is 3.65. The monoisotopic (exact) mass is 330 g/mol. The van der Waals surface area contributed by atoms with Gasteiger partial charge in [-0.15, -0.1) is 0 Å². The number of hydrogen-bond acceptors (Lipinski definition) is 3. The van der Waals surface area contributed by atoms with Crippen molar-refractivity contribution < 1.29 is 9.53 Å². The topological polar surface area (TPSA) is 32.8 Å². The van der Waals surface area contributed by atoms with Crippen molar-refractivity contribution in [3.63, 3.8) is 0 Å². The fourth-order valence-corrected chi connectivity index (χ4v) is 4.40. The van der Waals surface area contributed by atoms with Gasteiger partial charge >= 0.3 is 0 Å². The summed E-state index contributed by atoms with van der Waals surface area (Å²) >= 11 is 0. The van der Waals surface area contributed by atoms with E-state index >= 15 is 0 Å². The fraction of sp³-hybridized carbons (Fsp3) is 0.650. The van der Waals surface area contributed by atoms with Crippen molar-refractivity contribution in [2.75, 3.05) is 39.9 Å². The lowest BCUT2D eigenvalue weighted by molar-refractivity contribution is 0.0382. The number of carbonyl (C=O) groups is 1. The average molecular weight is 330 g/mol. The van der Waals surface area contributed by atoms with Crippen LogP contribution in [0.2, 0.25) is 0 Å². The van der Waals surface area contributed by atoms with Crippen LogP contribution in [0.15, 0.2) is 24.3 Å². The predicted molar refractivity (Wildman–Crippen MR) is 96.3 cm³/mol. The minimum atomic E-state index is 0.192. The molecule has 2 aliphatic rings. The molecule has 1 spiro atoms. The van der Waals surface area contributed by atoms with Gasteiger partial charge in [0.25, 0.3) is 5.91 Å². The lowest BCUT2D eigenvalue weighted by Gasteiger charge is -2.45. The van der Waals surface area contributed by atoms with E-state index in [4.69, 9.17) is 4.74 Å². The van der Waals surface area contributed by atoms with Gasteiger partial charge in [-0.05, 0) is 57.7 Å². The number of aryl methyl sites for hydroxylation is 1. The number of hydrogen-bond donors (Lipinski definition) is 0. The number of rotatable bonds is 5. The van der Waals surface area contributed by atoms with Crippen LogP contribution in [0.1, 0.15) is 48.0 Å². The summed E-state index contributed by atoms with van der Waals surface area (Å²) in [4.78, 5) is 17.5. The Morgan fingerprint density at radius 2 is 2.00 bits per heavy atom. The van der Waals surface area contributed by atoms with Crippen molar-refractivity contribution in [1.82, 2.24) is 9.80 Å². The number of likely N-dealkylation sites (tertiary alicyclic amines) is 2. The molecule has 1 aromatic rings. The van der Waals surface area contributed by atoms with Crippen molar-refractivity contribution in [2.24, 2.45) is 0 Å². The summed E-state index contributed by atoms with van der Waals surface area (Å²) in [5.74, 6) is 0.192. The van der Waals surface area contributed by atoms with Crippen LogP contribution < -0.4 is 0 Å². The normalized spacial score (nSPS) is 20.7. The first-order valence-electron chi connectivity index (χ1n) is 9.25. The van der Waals surface area contributed by atoms with Crippen molar-refractivity contribution in [3.8, 4) is 0 Å². The SMILES string of the molecule is COCCCN1CCCC12CCN(C(=O)c1cccc(C)c1)CC2. The zero-order valence-electron chi connectivity index (χ0n) is 15.1. The summed E-state index contributed by atoms with van der Waals surface area (Å²) in [6.07, 6.45) is 5.89. The Kier molecular flexibility index (Phi) is 5.57. The maximum atomic E-state index is 12.7. The second-order valence-electron chi connectivity index (χ2n) is 7.32. The fourth-order valence-electron chi connectivity index (χ4n) is 4.40. The highest BCUT2D eigenvalue weighted by Gasteiger charge is 2.43. The first kappa shape index (κ1) is 17.4. The van der Waals surface area contributed by atoms with Crippen molar-refractivity contribution in [2.45, 2.75) is 44.6 Å². The van der Waals surface area contributed by atoms with Gasteiger partial charge in [0.1, 0.15) is 0 Å². The van der Waals surface area contributed by atoms with Gasteiger partial charge < -0.3 is 9.64 Å². The van der Waals surface area contributed by atoms with E-state index in [0.29, 0.717) is 5.54 Å². The molecule has 0 atom stereocenters. The molecule has 2 heterocycles. The molecule has 4 heteroatoms. The molecule has 1 amide bonds. The Bertz CT molecular complexity index is 565. The molecule has 132 valence electrons. The van der Waals surface area contributed by atoms with Gasteiger partial charge in [0.2, 0.25) is 0 Å². The number of ether oxygens (including phenoxy) is 1. The van der Waals surface area contributed by atoms with Gasteiger partial charge in [-0.1, -0.05) is 17.7 Å². The molecule has 24 heavy (non-hydrogen) atoms. The van der Waals surface area contributed by atoms with Crippen LogP contribution in [-0.2, 0) is 4.74 Å². The molecule has 0 unspecified atom stereocenters. The van der Waals surface area contributed by atoms with Gasteiger partial charge in [0.05, 0.1) is 0 Å². The molecule has 0 bridgehead atoms. The van der Waals surface area contributed by atoms with E-state index in [1.807, 2.05) is 36.1 Å². The van der Waals surface area contributed by atoms with Gasteiger partial charge in [-0.2, -0.15) is 0 Å². The Morgan fingerprint density at radius 1 is 1.21 bits per heavy atom. The maximum Gasteiger partial charge on any atom is 0.253 e. The zero-order chi connectivity index (χ0) is 17.0. The molecule has 1 aromatic carbocycles. The molecule has 3 rings (SSSR count). The molecule has 2 aliphatic heterocycles. The Labute approximate surface area is 145 Å². The largest absolute Gasteiger partial charge is 0.385 e. The summed E-state index contributed by atoms with van der Waals surface area (Å²) in [6.45, 7) is 6.97. The first-order chi connectivity index (χ1) is 11.6. The van der Waals surface area contributed by atoms with Crippen LogP contribution in [-0.4, -0.2) is 61.1 Å². The first-order valence-corrected chi connectivity index (χ1v) is 9.25. The van der Waals surface area contributed by atoms with E-state index in [2.05, 4.69) is 4.90 Å². The van der Waals surface area contributed by atoms with Gasteiger partial charge in [-0.3, -0.25) is 9.69 Å². The third-order valence-electron chi connectivity index (χ3n) is 5.76. The average Bonchev–Trinajstić information content (AvgIpc) is 2.97. The molecule has 0 aromatic heterocycles. The van der Waals surface area contributed by atoms with Crippen LogP contribution in [0.3, 0.4) is 0 Å². The lowest BCUT2D eigenvalue weighted by Crippen LogP contribution is -2.53. The van der Waals surface area contributed by atoms with E-state index in [1.54, 1.807) is 7.11 Å². The highest BCUT2D eigenvalue weighted by atomic mass is 16.5. The molecule has 2 saturated heterocycles. The van der Waals surface area contributed by atoms with Crippen LogP contribution in [0.25, 0.3) is 0 Å². The molecular formula is C20H30N2O2. The summed E-state index contributed by atoms with van der Waals surface area (Å²) in [5.41, 5.74) is 2.31. The summed E-state index contributed by atoms with van der Waals surface area (Å²) < 4.78 is 5.20. The van der Waals surface area contributed by atoms with Crippen molar-refractivity contribution in [1.29, 1.82) is 0 Å². The predicted octanol–water partition coefficient (Wildman–Crippen LogP) is 3.10. The van der Waals surface area contributed by atoms with Crippen LogP contribution in [0.4, 0.5) is 0 Å². The van der Waals surface area contributed by atoms with Crippen LogP contribution in [0, 0.1) is 6.92 Å². The van der Waals surface area contributed by atoms with Crippen molar-refractivity contribution in [3.05, 3.63) is 35.4 Å². The Hall–Kier alpha value is -1.39. The Morgan fingerprint density at radius 3 is 2.71 bits per heavy atom. The second-order valence-corrected chi connectivity index (χ2v) is 7.32. The minimum Gasteiger partial charge on any atom is -0.385 e. The lowest BCUT2D eigenvalue weighted by atomic mass is 9.84. The summed E-state index contributed by atoms with van der Waals surface area (Å²) in [7, 11) is 1.77. The smallest absolute Gasteiger partial charge is 0.253 e. The van der Waals surface area contributed by atoms with E-state index in [0.717, 1.165) is 56.6 Å². The van der Waals surface area contributed by atoms with Gasteiger partial charge in [0.15, 0.2) is 0 Å². The number of piperidine rings is 1. The summed E-state index contributed by atoms with van der Waals surface area (Å²) in [5, 5.41) is 0. The number of carbonyl (C=O) groups excluding carboxylic acids is 1. The van der Waals surface area contributed by atoms with Gasteiger partial charge in [-0.25, -0.2) is 0 Å². The second kappa shape index (κ2) is 7.66. The number of methoxy groups -OCH3 is 1. The maximum absolute atomic E-state index is 12.7. The highest BCUT2D eigenvalue weighted by Crippen LogP contribution is 2.38. The Balaban J connectivity index is 1.59. The molecule has 0 saturated carbocycles. The third-order valence-corrected chi connectivity index (χ3v) is 5.76. The van der Waals surface area contributed by atoms with Crippen LogP contribution >= 0.6 is 0 Å². The standard InChI is InChI=1S/C20H30N2O2/c1-17-6-3-7-18(16-17)19(23)21-13-9-20(10-14-21)8-4-11-22(20)12-5-15-24-2/h3,6-7,16H,4-5,8-15H2,1-2H3. The molecule has 0 radical (unpaired) electrons. The molecular weight excluding hydrogens is 300 g/mol. The highest BCUT2D eigenvalue weighted by molar-refractivity contribution is 5.94. The van der Waals surface area contributed by atoms with E-state index in [9.17, 15) is 4.79 Å². The van der Waals surface area contributed by atoms with E-state index < -0.39 is 0 Å². The molecule has 0 N–H and O–H groups in total. The molecule has 4 nitrogen and oxygen atoms in total. The van der Waals surface area contributed by atoms with E-state index in [1.165, 1.54) is 19.4 Å².